The van der Waals surface area contributed by atoms with E-state index in [9.17, 15) is 0 Å². The number of piperidine rings is 1. The molecule has 3 fully saturated rings. The van der Waals surface area contributed by atoms with E-state index in [1.165, 1.54) is 30.9 Å². The molecule has 27 heavy (non-hydrogen) atoms. The second-order valence-corrected chi connectivity index (χ2v) is 10.6. The Labute approximate surface area is 176 Å². The average Bonchev–Trinajstić information content (AvgIpc) is 3.03. The molecule has 0 bridgehead atoms. The highest BCUT2D eigenvalue weighted by Gasteiger charge is 2.53. The van der Waals surface area contributed by atoms with Crippen molar-refractivity contribution in [3.05, 3.63) is 34.9 Å². The third-order valence-corrected chi connectivity index (χ3v) is 9.17. The monoisotopic (exact) mass is 424 g/mol. The first kappa shape index (κ1) is 19.9. The minimum Gasteiger partial charge on any atom is -0.349 e. The third-order valence-electron chi connectivity index (χ3n) is 5.90. The number of nitrogens with zero attached hydrogens (tertiary/aromatic N) is 3. The van der Waals surface area contributed by atoms with Crippen molar-refractivity contribution in [1.29, 1.82) is 0 Å². The Morgan fingerprint density at radius 2 is 2.07 bits per heavy atom. The van der Waals surface area contributed by atoms with Gasteiger partial charge in [0.15, 0.2) is 0 Å². The number of hydrogen-bond acceptors (Lipinski definition) is 5. The van der Waals surface area contributed by atoms with E-state index in [-0.39, 0.29) is 5.50 Å². The van der Waals surface area contributed by atoms with E-state index in [2.05, 4.69) is 60.0 Å². The molecule has 0 saturated carbocycles. The molecule has 5 unspecified atom stereocenters. The summed E-state index contributed by atoms with van der Waals surface area (Å²) >= 11 is 10.1. The molecule has 4 rings (SSSR count). The van der Waals surface area contributed by atoms with Crippen molar-refractivity contribution >= 4 is 41.0 Å². The largest absolute Gasteiger partial charge is 0.349 e. The fraction of sp³-hybridized carbons (Fsp3) is 0.650. The highest BCUT2D eigenvalue weighted by molar-refractivity contribution is 8.01. The Kier molecular flexibility index (Phi) is 6.29. The van der Waals surface area contributed by atoms with Gasteiger partial charge < -0.3 is 10.2 Å². The van der Waals surface area contributed by atoms with Gasteiger partial charge in [-0.2, -0.15) is 0 Å². The quantitative estimate of drug-likeness (QED) is 0.793. The topological polar surface area (TPSA) is 30.9 Å². The van der Waals surface area contributed by atoms with Crippen LogP contribution >= 0.6 is 35.1 Å². The molecule has 148 valence electrons. The van der Waals surface area contributed by atoms with Crippen molar-refractivity contribution in [1.82, 2.24) is 15.1 Å². The van der Waals surface area contributed by atoms with Gasteiger partial charge in [-0.05, 0) is 57.6 Å². The van der Waals surface area contributed by atoms with Crippen LogP contribution in [0.15, 0.2) is 29.3 Å². The Morgan fingerprint density at radius 1 is 1.30 bits per heavy atom. The number of halogens is 1. The molecule has 3 aliphatic rings. The number of thioether (sulfide) groups is 2. The molecular formula is C20H29ClN4S2. The van der Waals surface area contributed by atoms with Crippen LogP contribution < -0.4 is 5.32 Å². The number of aliphatic imine (C=N–C) groups is 1. The molecule has 0 amide bonds. The van der Waals surface area contributed by atoms with Crippen LogP contribution in [0, 0.1) is 11.8 Å². The Balaban J connectivity index is 1.49. The van der Waals surface area contributed by atoms with Crippen LogP contribution in [0.4, 0.5) is 0 Å². The molecule has 4 nitrogen and oxygen atoms in total. The predicted molar refractivity (Wildman–Crippen MR) is 120 cm³/mol. The maximum atomic E-state index is 6.02. The van der Waals surface area contributed by atoms with E-state index in [0.29, 0.717) is 11.3 Å². The lowest BCUT2D eigenvalue weighted by Gasteiger charge is -2.44. The first-order chi connectivity index (χ1) is 13.1. The molecule has 0 aliphatic carbocycles. The van der Waals surface area contributed by atoms with E-state index >= 15 is 0 Å². The molecule has 0 aromatic heterocycles. The van der Waals surface area contributed by atoms with Gasteiger partial charge in [0.05, 0.1) is 5.37 Å². The van der Waals surface area contributed by atoms with Gasteiger partial charge in [-0.15, -0.1) is 23.5 Å². The summed E-state index contributed by atoms with van der Waals surface area (Å²) < 4.78 is 0. The molecule has 1 aromatic rings. The van der Waals surface area contributed by atoms with Gasteiger partial charge in [-0.1, -0.05) is 23.7 Å². The lowest BCUT2D eigenvalue weighted by molar-refractivity contribution is 0.161. The first-order valence-electron chi connectivity index (χ1n) is 9.79. The predicted octanol–water partition coefficient (Wildman–Crippen LogP) is 3.82. The molecule has 3 saturated heterocycles. The molecule has 0 radical (unpaired) electrons. The molecular weight excluding hydrogens is 396 g/mol. The minimum atomic E-state index is 0.262. The normalized spacial score (nSPS) is 35.7. The summed E-state index contributed by atoms with van der Waals surface area (Å²) in [6.45, 7) is 5.42. The maximum Gasteiger partial charge on any atom is 0.130 e. The summed E-state index contributed by atoms with van der Waals surface area (Å²) in [5.74, 6) is 3.51. The van der Waals surface area contributed by atoms with Gasteiger partial charge in [0.2, 0.25) is 0 Å². The third kappa shape index (κ3) is 4.15. The standard InChI is InChI=1S/C20H29ClN4S2/c1-4-22-18-17-15-9-10-24(2)11-16(15)27-19(17)25(3)20(23-18)26-12-13-5-7-14(21)8-6-13/h5-8,15-17,19-20H,4,9-12H2,1-3H3,(H,22,23). The zero-order valence-electron chi connectivity index (χ0n) is 16.3. The molecule has 0 spiro atoms. The second kappa shape index (κ2) is 8.54. The lowest BCUT2D eigenvalue weighted by atomic mass is 9.82. The van der Waals surface area contributed by atoms with E-state index < -0.39 is 0 Å². The van der Waals surface area contributed by atoms with Crippen molar-refractivity contribution in [2.24, 2.45) is 16.8 Å². The minimum absolute atomic E-state index is 0.262. The van der Waals surface area contributed by atoms with Crippen LogP contribution in [-0.2, 0) is 5.75 Å². The average molecular weight is 425 g/mol. The van der Waals surface area contributed by atoms with Crippen LogP contribution in [0.3, 0.4) is 0 Å². The highest BCUT2D eigenvalue weighted by atomic mass is 35.5. The molecule has 5 atom stereocenters. The summed E-state index contributed by atoms with van der Waals surface area (Å²) in [4.78, 5) is 9.94. The Bertz CT molecular complexity index is 683. The smallest absolute Gasteiger partial charge is 0.130 e. The number of fused-ring (bicyclic) bond motifs is 3. The van der Waals surface area contributed by atoms with Crippen LogP contribution in [0.2, 0.25) is 5.02 Å². The summed E-state index contributed by atoms with van der Waals surface area (Å²) in [5.41, 5.74) is 1.57. The second-order valence-electron chi connectivity index (χ2n) is 7.76. The van der Waals surface area contributed by atoms with E-state index in [1.807, 2.05) is 23.9 Å². The summed E-state index contributed by atoms with van der Waals surface area (Å²) in [5, 5.41) is 5.84. The molecule has 1 aromatic carbocycles. The van der Waals surface area contributed by atoms with Crippen molar-refractivity contribution < 1.29 is 0 Å². The molecule has 1 N–H and O–H groups in total. The van der Waals surface area contributed by atoms with Gasteiger partial charge >= 0.3 is 0 Å². The molecule has 3 heterocycles. The van der Waals surface area contributed by atoms with Crippen molar-refractivity contribution in [2.75, 3.05) is 33.7 Å². The molecule has 3 aliphatic heterocycles. The number of rotatable bonds is 4. The van der Waals surface area contributed by atoms with Gasteiger partial charge in [-0.25, -0.2) is 0 Å². The SMILES string of the molecule is CCN=C1NC(SCc2ccc(Cl)cc2)N(C)C2SC3CN(C)CCC3C12. The number of hydrogen-bond donors (Lipinski definition) is 1. The highest BCUT2D eigenvalue weighted by Crippen LogP contribution is 2.50. The fourth-order valence-corrected chi connectivity index (χ4v) is 7.84. The van der Waals surface area contributed by atoms with Crippen molar-refractivity contribution in [3.63, 3.8) is 0 Å². The van der Waals surface area contributed by atoms with Crippen LogP contribution in [0.5, 0.6) is 0 Å². The molecule has 7 heteroatoms. The van der Waals surface area contributed by atoms with Gasteiger partial charge in [0.1, 0.15) is 11.3 Å². The van der Waals surface area contributed by atoms with Crippen molar-refractivity contribution in [3.8, 4) is 0 Å². The van der Waals surface area contributed by atoms with E-state index in [4.69, 9.17) is 16.6 Å². The number of likely N-dealkylation sites (tertiary alicyclic amines) is 1. The van der Waals surface area contributed by atoms with E-state index in [1.54, 1.807) is 0 Å². The summed E-state index contributed by atoms with van der Waals surface area (Å²) in [6, 6.07) is 8.19. The van der Waals surface area contributed by atoms with Gasteiger partial charge in [0, 0.05) is 35.0 Å². The van der Waals surface area contributed by atoms with Crippen LogP contribution in [0.1, 0.15) is 18.9 Å². The van der Waals surface area contributed by atoms with E-state index in [0.717, 1.165) is 28.5 Å². The Morgan fingerprint density at radius 3 is 2.81 bits per heavy atom. The summed E-state index contributed by atoms with van der Waals surface area (Å²) in [7, 11) is 4.54. The Hall–Kier alpha value is -0.400. The number of amidine groups is 1. The zero-order valence-corrected chi connectivity index (χ0v) is 18.7. The fourth-order valence-electron chi connectivity index (χ4n) is 4.50. The van der Waals surface area contributed by atoms with Crippen LogP contribution in [0.25, 0.3) is 0 Å². The van der Waals surface area contributed by atoms with Crippen molar-refractivity contribution in [2.45, 2.75) is 35.2 Å². The lowest BCUT2D eigenvalue weighted by Crippen LogP contribution is -2.59. The maximum absolute atomic E-state index is 6.02. The number of benzene rings is 1. The van der Waals surface area contributed by atoms with Gasteiger partial charge in [0.25, 0.3) is 0 Å². The van der Waals surface area contributed by atoms with Crippen LogP contribution in [-0.4, -0.2) is 65.5 Å². The first-order valence-corrected chi connectivity index (χ1v) is 12.2. The number of nitrogens with one attached hydrogen (secondary N) is 1. The summed E-state index contributed by atoms with van der Waals surface area (Å²) in [6.07, 6.45) is 1.29. The van der Waals surface area contributed by atoms with Gasteiger partial charge in [-0.3, -0.25) is 9.89 Å². The zero-order chi connectivity index (χ0) is 19.0.